The fourth-order valence-corrected chi connectivity index (χ4v) is 2.87. The van der Waals surface area contributed by atoms with Crippen LogP contribution in [0.3, 0.4) is 0 Å². The lowest BCUT2D eigenvalue weighted by molar-refractivity contribution is 0.514. The van der Waals surface area contributed by atoms with Crippen LogP contribution in [0.25, 0.3) is 0 Å². The molecule has 1 aliphatic rings. The molecule has 0 spiro atoms. The summed E-state index contributed by atoms with van der Waals surface area (Å²) in [5, 5.41) is 5.58. The van der Waals surface area contributed by atoms with Crippen LogP contribution in [0.1, 0.15) is 16.1 Å². The van der Waals surface area contributed by atoms with Crippen LogP contribution in [0.2, 0.25) is 0 Å². The van der Waals surface area contributed by atoms with Gasteiger partial charge in [0.05, 0.1) is 0 Å². The molecule has 0 saturated heterocycles. The van der Waals surface area contributed by atoms with Crippen molar-refractivity contribution in [3.8, 4) is 0 Å². The van der Waals surface area contributed by atoms with E-state index in [0.29, 0.717) is 0 Å². The highest BCUT2D eigenvalue weighted by molar-refractivity contribution is 7.09. The maximum atomic E-state index is 3.43. The number of thiophene rings is 1. The summed E-state index contributed by atoms with van der Waals surface area (Å²) in [6, 6.07) is 6.60. The monoisotopic (exact) mass is 218 g/mol. The van der Waals surface area contributed by atoms with Crippen molar-refractivity contribution < 1.29 is 0 Å². The molecule has 0 fully saturated rings. The molecule has 0 aromatic carbocycles. The number of hydrogen-bond donors (Lipinski definition) is 1. The van der Waals surface area contributed by atoms with Crippen LogP contribution in [0.4, 0.5) is 0 Å². The Bertz CT molecular complexity index is 442. The summed E-state index contributed by atoms with van der Waals surface area (Å²) in [6.07, 6.45) is 3.31. The summed E-state index contributed by atoms with van der Waals surface area (Å²) >= 11 is 1.84. The molecule has 3 heterocycles. The minimum Gasteiger partial charge on any atom is -0.349 e. The van der Waals surface area contributed by atoms with Gasteiger partial charge in [0.1, 0.15) is 0 Å². The second-order valence-corrected chi connectivity index (χ2v) is 4.95. The average Bonchev–Trinajstić information content (AvgIpc) is 2.89. The molecular formula is C12H14N2S. The van der Waals surface area contributed by atoms with Crippen molar-refractivity contribution in [1.29, 1.82) is 0 Å². The minimum absolute atomic E-state index is 1.02. The summed E-state index contributed by atoms with van der Waals surface area (Å²) in [4.78, 5) is 1.45. The first-order valence-electron chi connectivity index (χ1n) is 5.33. The van der Waals surface area contributed by atoms with Crippen LogP contribution in [-0.2, 0) is 19.5 Å². The Morgan fingerprint density at radius 3 is 3.27 bits per heavy atom. The summed E-state index contributed by atoms with van der Waals surface area (Å²) in [5.41, 5.74) is 2.94. The number of hydrogen-bond acceptors (Lipinski definition) is 2. The van der Waals surface area contributed by atoms with Gasteiger partial charge in [0.25, 0.3) is 0 Å². The van der Waals surface area contributed by atoms with Crippen molar-refractivity contribution in [2.45, 2.75) is 19.5 Å². The van der Waals surface area contributed by atoms with Crippen molar-refractivity contribution in [3.05, 3.63) is 45.9 Å². The van der Waals surface area contributed by atoms with Gasteiger partial charge in [-0.3, -0.25) is 0 Å². The third-order valence-corrected chi connectivity index (χ3v) is 3.82. The van der Waals surface area contributed by atoms with E-state index in [1.54, 1.807) is 0 Å². The van der Waals surface area contributed by atoms with Crippen LogP contribution in [0.15, 0.2) is 29.8 Å². The Morgan fingerprint density at radius 2 is 2.40 bits per heavy atom. The predicted octanol–water partition coefficient (Wildman–Crippen LogP) is 2.24. The Hall–Kier alpha value is -1.06. The second kappa shape index (κ2) is 3.83. The molecule has 1 N–H and O–H groups in total. The van der Waals surface area contributed by atoms with Gasteiger partial charge in [0, 0.05) is 42.8 Å². The predicted molar refractivity (Wildman–Crippen MR) is 63.3 cm³/mol. The summed E-state index contributed by atoms with van der Waals surface area (Å²) in [7, 11) is 0. The second-order valence-electron chi connectivity index (χ2n) is 3.91. The van der Waals surface area contributed by atoms with Crippen LogP contribution < -0.4 is 5.32 Å². The van der Waals surface area contributed by atoms with Gasteiger partial charge in [-0.25, -0.2) is 0 Å². The number of nitrogens with zero attached hydrogens (tertiary/aromatic N) is 1. The van der Waals surface area contributed by atoms with Crippen molar-refractivity contribution in [3.63, 3.8) is 0 Å². The van der Waals surface area contributed by atoms with E-state index in [9.17, 15) is 0 Å². The van der Waals surface area contributed by atoms with Gasteiger partial charge in [-0.1, -0.05) is 6.07 Å². The lowest BCUT2D eigenvalue weighted by Gasteiger charge is -2.17. The van der Waals surface area contributed by atoms with Crippen molar-refractivity contribution in [2.75, 3.05) is 6.54 Å². The normalized spacial score (nSPS) is 15.2. The number of rotatable bonds is 2. The Labute approximate surface area is 93.6 Å². The van der Waals surface area contributed by atoms with E-state index < -0.39 is 0 Å². The zero-order valence-electron chi connectivity index (χ0n) is 8.57. The highest BCUT2D eigenvalue weighted by Gasteiger charge is 2.12. The third-order valence-electron chi connectivity index (χ3n) is 2.94. The summed E-state index contributed by atoms with van der Waals surface area (Å²) in [5.74, 6) is 0. The number of fused-ring (bicyclic) bond motifs is 1. The van der Waals surface area contributed by atoms with E-state index in [2.05, 4.69) is 39.7 Å². The van der Waals surface area contributed by atoms with Gasteiger partial charge in [-0.2, -0.15) is 0 Å². The van der Waals surface area contributed by atoms with Gasteiger partial charge in [0.15, 0.2) is 0 Å². The lowest BCUT2D eigenvalue weighted by atomic mass is 10.1. The number of nitrogens with one attached hydrogen (secondary N) is 1. The molecule has 2 aromatic heterocycles. The molecule has 0 saturated carbocycles. The maximum absolute atomic E-state index is 3.43. The lowest BCUT2D eigenvalue weighted by Crippen LogP contribution is -2.28. The largest absolute Gasteiger partial charge is 0.349 e. The van der Waals surface area contributed by atoms with Crippen LogP contribution >= 0.6 is 11.3 Å². The molecule has 0 radical (unpaired) electrons. The van der Waals surface area contributed by atoms with Gasteiger partial charge in [-0.05, 0) is 23.1 Å². The first kappa shape index (κ1) is 9.19. The first-order valence-corrected chi connectivity index (χ1v) is 6.21. The van der Waals surface area contributed by atoms with Gasteiger partial charge in [-0.15, -0.1) is 11.3 Å². The smallest absolute Gasteiger partial charge is 0.0362 e. The Balaban J connectivity index is 1.89. The highest BCUT2D eigenvalue weighted by atomic mass is 32.1. The van der Waals surface area contributed by atoms with Gasteiger partial charge < -0.3 is 9.88 Å². The third kappa shape index (κ3) is 1.73. The van der Waals surface area contributed by atoms with Crippen molar-refractivity contribution >= 4 is 11.3 Å². The van der Waals surface area contributed by atoms with Crippen LogP contribution in [0, 0.1) is 0 Å². The molecule has 3 heteroatoms. The zero-order valence-corrected chi connectivity index (χ0v) is 9.39. The average molecular weight is 218 g/mol. The molecule has 0 atom stereocenters. The fraction of sp³-hybridized carbons (Fsp3) is 0.333. The molecule has 0 aliphatic carbocycles. The summed E-state index contributed by atoms with van der Waals surface area (Å²) in [6.45, 7) is 3.23. The van der Waals surface area contributed by atoms with E-state index in [0.717, 1.165) is 26.1 Å². The number of aromatic nitrogens is 1. The molecule has 3 rings (SSSR count). The van der Waals surface area contributed by atoms with E-state index >= 15 is 0 Å². The Kier molecular flexibility index (Phi) is 2.35. The van der Waals surface area contributed by atoms with E-state index in [1.807, 2.05) is 11.3 Å². The molecule has 0 unspecified atom stereocenters. The molecular weight excluding hydrogens is 204 g/mol. The minimum atomic E-state index is 1.02. The molecule has 0 amide bonds. The highest BCUT2D eigenvalue weighted by Crippen LogP contribution is 2.20. The SMILES string of the molecule is c1csc(Cc2ccn3c2CNCC3)c1. The fourth-order valence-electron chi connectivity index (χ4n) is 2.14. The first-order chi connectivity index (χ1) is 7.43. The van der Waals surface area contributed by atoms with E-state index in [-0.39, 0.29) is 0 Å². The molecule has 2 aromatic rings. The van der Waals surface area contributed by atoms with Gasteiger partial charge >= 0.3 is 0 Å². The van der Waals surface area contributed by atoms with Crippen molar-refractivity contribution in [2.24, 2.45) is 0 Å². The van der Waals surface area contributed by atoms with E-state index in [4.69, 9.17) is 0 Å². The van der Waals surface area contributed by atoms with E-state index in [1.165, 1.54) is 16.1 Å². The van der Waals surface area contributed by atoms with Crippen LogP contribution in [0.5, 0.6) is 0 Å². The molecule has 78 valence electrons. The molecule has 2 nitrogen and oxygen atoms in total. The molecule has 0 bridgehead atoms. The maximum Gasteiger partial charge on any atom is 0.0362 e. The Morgan fingerprint density at radius 1 is 1.40 bits per heavy atom. The summed E-state index contributed by atoms with van der Waals surface area (Å²) < 4.78 is 2.37. The topological polar surface area (TPSA) is 17.0 Å². The molecule has 1 aliphatic heterocycles. The zero-order chi connectivity index (χ0) is 10.1. The standard InChI is InChI=1S/C12H14N2S/c1-2-11(15-7-1)8-10-3-5-14-6-4-13-9-12(10)14/h1-3,5,7,13H,4,6,8-9H2. The molecule has 15 heavy (non-hydrogen) atoms. The quantitative estimate of drug-likeness (QED) is 0.818. The van der Waals surface area contributed by atoms with Crippen molar-refractivity contribution in [1.82, 2.24) is 9.88 Å². The van der Waals surface area contributed by atoms with Gasteiger partial charge in [0.2, 0.25) is 0 Å². The van der Waals surface area contributed by atoms with Crippen LogP contribution in [-0.4, -0.2) is 11.1 Å².